The normalized spacial score (nSPS) is 13.3. The monoisotopic (exact) mass is 297 g/mol. The van der Waals surface area contributed by atoms with Crippen LogP contribution in [-0.4, -0.2) is 16.7 Å². The van der Waals surface area contributed by atoms with Gasteiger partial charge in [0.15, 0.2) is 0 Å². The predicted molar refractivity (Wildman–Crippen MR) is 92.9 cm³/mol. The van der Waals surface area contributed by atoms with E-state index in [2.05, 4.69) is 60.8 Å². The van der Waals surface area contributed by atoms with E-state index in [-0.39, 0.29) is 6.04 Å². The molecule has 22 heavy (non-hydrogen) atoms. The maximum Gasteiger partial charge on any atom is 0.0592 e. The highest BCUT2D eigenvalue weighted by Crippen LogP contribution is 2.23. The van der Waals surface area contributed by atoms with Crippen molar-refractivity contribution in [2.45, 2.75) is 51.3 Å². The van der Waals surface area contributed by atoms with Crippen molar-refractivity contribution in [3.05, 3.63) is 71.8 Å². The second-order valence-corrected chi connectivity index (χ2v) is 6.67. The highest BCUT2D eigenvalue weighted by Gasteiger charge is 2.19. The molecular weight excluding hydrogens is 270 g/mol. The molecule has 2 aromatic rings. The molecule has 0 saturated carbocycles. The van der Waals surface area contributed by atoms with E-state index in [0.717, 1.165) is 12.8 Å². The molecule has 118 valence electrons. The Hall–Kier alpha value is -1.64. The molecule has 0 aliphatic heterocycles. The maximum atomic E-state index is 9.91. The van der Waals surface area contributed by atoms with Crippen LogP contribution in [0.2, 0.25) is 0 Å². The Balaban J connectivity index is 2.12. The van der Waals surface area contributed by atoms with Crippen LogP contribution in [-0.2, 0) is 0 Å². The molecule has 2 N–H and O–H groups in total. The third-order valence-corrected chi connectivity index (χ3v) is 3.91. The van der Waals surface area contributed by atoms with Crippen LogP contribution in [0.3, 0.4) is 0 Å². The fraction of sp³-hybridized carbons (Fsp3) is 0.400. The summed E-state index contributed by atoms with van der Waals surface area (Å²) < 4.78 is 0. The van der Waals surface area contributed by atoms with Crippen LogP contribution < -0.4 is 5.32 Å². The van der Waals surface area contributed by atoms with Crippen LogP contribution in [0.1, 0.15) is 50.8 Å². The van der Waals surface area contributed by atoms with Gasteiger partial charge in [0, 0.05) is 6.04 Å². The summed E-state index contributed by atoms with van der Waals surface area (Å²) in [7, 11) is 0. The summed E-state index contributed by atoms with van der Waals surface area (Å²) in [6.07, 6.45) is 1.73. The first-order valence-corrected chi connectivity index (χ1v) is 8.04. The van der Waals surface area contributed by atoms with Gasteiger partial charge in [-0.15, -0.1) is 0 Å². The average Bonchev–Trinajstić information content (AvgIpc) is 2.52. The number of hydrogen-bond donors (Lipinski definition) is 2. The van der Waals surface area contributed by atoms with Crippen molar-refractivity contribution >= 4 is 0 Å². The Morgan fingerprint density at radius 1 is 0.909 bits per heavy atom. The van der Waals surface area contributed by atoms with E-state index in [1.807, 2.05) is 26.0 Å². The minimum Gasteiger partial charge on any atom is -0.390 e. The van der Waals surface area contributed by atoms with Crippen LogP contribution in [0.15, 0.2) is 60.7 Å². The van der Waals surface area contributed by atoms with Gasteiger partial charge >= 0.3 is 0 Å². The molecule has 0 bridgehead atoms. The molecule has 0 spiro atoms. The van der Waals surface area contributed by atoms with Crippen molar-refractivity contribution in [1.29, 1.82) is 0 Å². The van der Waals surface area contributed by atoms with E-state index in [0.29, 0.717) is 6.04 Å². The van der Waals surface area contributed by atoms with Crippen molar-refractivity contribution in [1.82, 2.24) is 5.32 Å². The third kappa shape index (κ3) is 5.28. The largest absolute Gasteiger partial charge is 0.390 e. The van der Waals surface area contributed by atoms with Gasteiger partial charge in [0.2, 0.25) is 0 Å². The van der Waals surface area contributed by atoms with Gasteiger partial charge in [0.1, 0.15) is 0 Å². The standard InChI is InChI=1S/C20H27NO/c1-16(14-15-20(2,3)22)21-19(17-10-6-4-7-11-17)18-12-8-5-9-13-18/h4-13,16,19,21-22H,14-15H2,1-3H3. The summed E-state index contributed by atoms with van der Waals surface area (Å²) >= 11 is 0. The van der Waals surface area contributed by atoms with Crippen molar-refractivity contribution in [3.8, 4) is 0 Å². The molecule has 2 nitrogen and oxygen atoms in total. The molecule has 0 fully saturated rings. The molecule has 0 aliphatic rings. The Kier molecular flexibility index (Phi) is 5.76. The smallest absolute Gasteiger partial charge is 0.0592 e. The summed E-state index contributed by atoms with van der Waals surface area (Å²) in [6, 6.07) is 21.6. The summed E-state index contributed by atoms with van der Waals surface area (Å²) in [5.41, 5.74) is 1.93. The number of hydrogen-bond acceptors (Lipinski definition) is 2. The maximum absolute atomic E-state index is 9.91. The van der Waals surface area contributed by atoms with E-state index in [9.17, 15) is 5.11 Å². The molecule has 1 atom stereocenters. The van der Waals surface area contributed by atoms with E-state index < -0.39 is 5.60 Å². The highest BCUT2D eigenvalue weighted by molar-refractivity contribution is 5.31. The van der Waals surface area contributed by atoms with E-state index in [4.69, 9.17) is 0 Å². The number of benzene rings is 2. The molecule has 1 unspecified atom stereocenters. The Labute approximate surface area is 134 Å². The predicted octanol–water partition coefficient (Wildman–Crippen LogP) is 4.31. The van der Waals surface area contributed by atoms with Crippen molar-refractivity contribution in [2.75, 3.05) is 0 Å². The lowest BCUT2D eigenvalue weighted by Gasteiger charge is -2.26. The van der Waals surface area contributed by atoms with Crippen molar-refractivity contribution in [3.63, 3.8) is 0 Å². The second kappa shape index (κ2) is 7.57. The van der Waals surface area contributed by atoms with Gasteiger partial charge < -0.3 is 10.4 Å². The molecular formula is C20H27NO. The topological polar surface area (TPSA) is 32.3 Å². The zero-order valence-electron chi connectivity index (χ0n) is 13.8. The SMILES string of the molecule is CC(CCC(C)(C)O)NC(c1ccccc1)c1ccccc1. The molecule has 0 amide bonds. The van der Waals surface area contributed by atoms with Gasteiger partial charge in [-0.1, -0.05) is 60.7 Å². The first kappa shape index (κ1) is 16.7. The quantitative estimate of drug-likeness (QED) is 0.798. The van der Waals surface area contributed by atoms with Crippen LogP contribution in [0.5, 0.6) is 0 Å². The van der Waals surface area contributed by atoms with Crippen LogP contribution in [0.25, 0.3) is 0 Å². The van der Waals surface area contributed by atoms with Gasteiger partial charge in [-0.25, -0.2) is 0 Å². The first-order chi connectivity index (χ1) is 10.5. The number of rotatable bonds is 7. The van der Waals surface area contributed by atoms with E-state index in [1.165, 1.54) is 11.1 Å². The summed E-state index contributed by atoms with van der Waals surface area (Å²) in [5, 5.41) is 13.6. The minimum atomic E-state index is -0.606. The zero-order valence-corrected chi connectivity index (χ0v) is 13.8. The van der Waals surface area contributed by atoms with Crippen LogP contribution >= 0.6 is 0 Å². The average molecular weight is 297 g/mol. The first-order valence-electron chi connectivity index (χ1n) is 8.04. The van der Waals surface area contributed by atoms with Gasteiger partial charge in [0.05, 0.1) is 11.6 Å². The lowest BCUT2D eigenvalue weighted by atomic mass is 9.95. The molecule has 0 aliphatic carbocycles. The summed E-state index contributed by atoms with van der Waals surface area (Å²) in [5.74, 6) is 0. The molecule has 0 heterocycles. The molecule has 0 radical (unpaired) electrons. The minimum absolute atomic E-state index is 0.180. The van der Waals surface area contributed by atoms with Gasteiger partial charge in [0.25, 0.3) is 0 Å². The zero-order chi connectivity index (χ0) is 16.0. The molecule has 0 aromatic heterocycles. The Bertz CT molecular complexity index is 505. The number of aliphatic hydroxyl groups is 1. The van der Waals surface area contributed by atoms with Gasteiger partial charge in [-0.2, -0.15) is 0 Å². The fourth-order valence-corrected chi connectivity index (χ4v) is 2.61. The number of nitrogens with one attached hydrogen (secondary N) is 1. The summed E-state index contributed by atoms with van der Waals surface area (Å²) in [6.45, 7) is 5.92. The second-order valence-electron chi connectivity index (χ2n) is 6.67. The Morgan fingerprint density at radius 3 is 1.77 bits per heavy atom. The molecule has 2 heteroatoms. The van der Waals surface area contributed by atoms with Gasteiger partial charge in [-0.05, 0) is 44.7 Å². The highest BCUT2D eigenvalue weighted by atomic mass is 16.3. The van der Waals surface area contributed by atoms with Crippen molar-refractivity contribution in [2.24, 2.45) is 0 Å². The third-order valence-electron chi connectivity index (χ3n) is 3.91. The molecule has 2 aromatic carbocycles. The Morgan fingerprint density at radius 2 is 1.36 bits per heavy atom. The lowest BCUT2D eigenvalue weighted by molar-refractivity contribution is 0.0657. The molecule has 0 saturated heterocycles. The van der Waals surface area contributed by atoms with E-state index in [1.54, 1.807) is 0 Å². The van der Waals surface area contributed by atoms with Gasteiger partial charge in [-0.3, -0.25) is 0 Å². The fourth-order valence-electron chi connectivity index (χ4n) is 2.61. The lowest BCUT2D eigenvalue weighted by Crippen LogP contribution is -2.33. The van der Waals surface area contributed by atoms with E-state index >= 15 is 0 Å². The van der Waals surface area contributed by atoms with Crippen LogP contribution in [0, 0.1) is 0 Å². The molecule has 2 rings (SSSR count). The summed E-state index contributed by atoms with van der Waals surface area (Å²) in [4.78, 5) is 0. The van der Waals surface area contributed by atoms with Crippen molar-refractivity contribution < 1.29 is 5.11 Å². The van der Waals surface area contributed by atoms with Crippen LogP contribution in [0.4, 0.5) is 0 Å².